The Morgan fingerprint density at radius 3 is 2.08 bits per heavy atom. The molecule has 0 aliphatic heterocycles. The van der Waals surface area contributed by atoms with Crippen molar-refractivity contribution in [3.05, 3.63) is 39.9 Å². The average molecular weight is 227 g/mol. The summed E-state index contributed by atoms with van der Waals surface area (Å²) in [5.41, 5.74) is 2.92. The minimum absolute atomic E-state index is 0.137. The van der Waals surface area contributed by atoms with Gasteiger partial charge in [0.05, 0.1) is 0 Å². The number of aliphatic hydroxyl groups is 1. The molecule has 1 aromatic rings. The molecule has 1 nitrogen and oxygen atoms in total. The second kappa shape index (κ2) is 3.31. The maximum absolute atomic E-state index is 9.27. The fourth-order valence-electron chi connectivity index (χ4n) is 1.37. The third kappa shape index (κ3) is 1.69. The van der Waals surface area contributed by atoms with Gasteiger partial charge in [0.2, 0.25) is 0 Å². The van der Waals surface area contributed by atoms with Crippen molar-refractivity contribution in [1.29, 1.82) is 0 Å². The molecule has 0 fully saturated rings. The van der Waals surface area contributed by atoms with E-state index in [9.17, 15) is 5.11 Å². The van der Waals surface area contributed by atoms with Crippen molar-refractivity contribution in [2.24, 2.45) is 0 Å². The van der Waals surface area contributed by atoms with E-state index in [1.54, 1.807) is 0 Å². The van der Waals surface area contributed by atoms with Gasteiger partial charge in [0.15, 0.2) is 0 Å². The van der Waals surface area contributed by atoms with Crippen molar-refractivity contribution in [2.45, 2.75) is 13.8 Å². The zero-order valence-corrected chi connectivity index (χ0v) is 8.77. The molecule has 1 aromatic carbocycles. The Kier molecular flexibility index (Phi) is 2.58. The fourth-order valence-corrected chi connectivity index (χ4v) is 2.05. The Morgan fingerprint density at radius 1 is 1.33 bits per heavy atom. The van der Waals surface area contributed by atoms with Crippen LogP contribution in [0.3, 0.4) is 0 Å². The summed E-state index contributed by atoms with van der Waals surface area (Å²) in [7, 11) is 0. The highest BCUT2D eigenvalue weighted by molar-refractivity contribution is 9.10. The summed E-state index contributed by atoms with van der Waals surface area (Å²) < 4.78 is 1.03. The molecule has 1 rings (SSSR count). The number of aryl methyl sites for hydroxylation is 2. The summed E-state index contributed by atoms with van der Waals surface area (Å²) in [6.07, 6.45) is 0. The molecule has 64 valence electrons. The Balaban J connectivity index is 3.38. The van der Waals surface area contributed by atoms with Crippen LogP contribution in [0.1, 0.15) is 16.7 Å². The second-order valence-corrected chi connectivity index (χ2v) is 3.78. The van der Waals surface area contributed by atoms with E-state index in [-0.39, 0.29) is 5.76 Å². The lowest BCUT2D eigenvalue weighted by molar-refractivity contribution is 0.512. The van der Waals surface area contributed by atoms with Crippen LogP contribution >= 0.6 is 15.9 Å². The summed E-state index contributed by atoms with van der Waals surface area (Å²) in [5.74, 6) is 0.137. The van der Waals surface area contributed by atoms with Crippen LogP contribution in [0, 0.1) is 13.8 Å². The Labute approximate surface area is 80.9 Å². The van der Waals surface area contributed by atoms with E-state index in [0.29, 0.717) is 0 Å². The first kappa shape index (κ1) is 9.33. The zero-order valence-electron chi connectivity index (χ0n) is 7.19. The molecule has 0 radical (unpaired) electrons. The van der Waals surface area contributed by atoms with Gasteiger partial charge in [0, 0.05) is 10.0 Å². The maximum atomic E-state index is 9.27. The highest BCUT2D eigenvalue weighted by Crippen LogP contribution is 2.24. The average Bonchev–Trinajstić information content (AvgIpc) is 1.82. The molecule has 0 atom stereocenters. The van der Waals surface area contributed by atoms with Crippen LogP contribution in [0.2, 0.25) is 0 Å². The SMILES string of the molecule is C=C(O)c1c(C)cc(Br)cc1C. The molecule has 0 aliphatic rings. The van der Waals surface area contributed by atoms with Gasteiger partial charge >= 0.3 is 0 Å². The summed E-state index contributed by atoms with van der Waals surface area (Å²) in [5, 5.41) is 9.27. The van der Waals surface area contributed by atoms with Crippen LogP contribution < -0.4 is 0 Å². The lowest BCUT2D eigenvalue weighted by atomic mass is 10.0. The smallest absolute Gasteiger partial charge is 0.116 e. The minimum Gasteiger partial charge on any atom is -0.508 e. The van der Waals surface area contributed by atoms with Crippen molar-refractivity contribution in [2.75, 3.05) is 0 Å². The Morgan fingerprint density at radius 2 is 1.75 bits per heavy atom. The molecule has 0 unspecified atom stereocenters. The number of hydrogen-bond donors (Lipinski definition) is 1. The van der Waals surface area contributed by atoms with Gasteiger partial charge in [-0.15, -0.1) is 0 Å². The van der Waals surface area contributed by atoms with Gasteiger partial charge in [-0.3, -0.25) is 0 Å². The van der Waals surface area contributed by atoms with Crippen LogP contribution in [0.25, 0.3) is 5.76 Å². The van der Waals surface area contributed by atoms with Gasteiger partial charge in [-0.2, -0.15) is 0 Å². The van der Waals surface area contributed by atoms with E-state index in [1.807, 2.05) is 26.0 Å². The van der Waals surface area contributed by atoms with E-state index in [1.165, 1.54) is 0 Å². The molecule has 0 amide bonds. The van der Waals surface area contributed by atoms with Gasteiger partial charge in [0.1, 0.15) is 5.76 Å². The largest absolute Gasteiger partial charge is 0.508 e. The number of benzene rings is 1. The van der Waals surface area contributed by atoms with Gasteiger partial charge in [-0.05, 0) is 37.1 Å². The van der Waals surface area contributed by atoms with Gasteiger partial charge < -0.3 is 5.11 Å². The molecule has 0 heterocycles. The molecular formula is C10H11BrO. The summed E-state index contributed by atoms with van der Waals surface area (Å²) in [6, 6.07) is 3.92. The molecule has 0 spiro atoms. The molecule has 0 aromatic heterocycles. The maximum Gasteiger partial charge on any atom is 0.116 e. The molecule has 0 saturated heterocycles. The standard InChI is InChI=1S/C10H11BrO/c1-6-4-9(11)5-7(2)10(6)8(3)12/h4-5,12H,3H2,1-2H3. The molecule has 12 heavy (non-hydrogen) atoms. The summed E-state index contributed by atoms with van der Waals surface area (Å²) in [6.45, 7) is 7.42. The molecular weight excluding hydrogens is 216 g/mol. The van der Waals surface area contributed by atoms with Gasteiger partial charge in [0.25, 0.3) is 0 Å². The third-order valence-corrected chi connectivity index (χ3v) is 2.24. The topological polar surface area (TPSA) is 20.2 Å². The van der Waals surface area contributed by atoms with Crippen molar-refractivity contribution in [1.82, 2.24) is 0 Å². The Hall–Kier alpha value is -0.760. The van der Waals surface area contributed by atoms with E-state index < -0.39 is 0 Å². The monoisotopic (exact) mass is 226 g/mol. The van der Waals surface area contributed by atoms with Gasteiger partial charge in [-0.25, -0.2) is 0 Å². The lowest BCUT2D eigenvalue weighted by Crippen LogP contribution is -1.91. The second-order valence-electron chi connectivity index (χ2n) is 2.86. The quantitative estimate of drug-likeness (QED) is 0.726. The van der Waals surface area contributed by atoms with E-state index in [0.717, 1.165) is 21.2 Å². The highest BCUT2D eigenvalue weighted by Gasteiger charge is 2.05. The van der Waals surface area contributed by atoms with Crippen LogP contribution in [0.15, 0.2) is 23.2 Å². The van der Waals surface area contributed by atoms with Crippen LogP contribution in [-0.2, 0) is 0 Å². The predicted octanol–water partition coefficient (Wildman–Crippen LogP) is 3.59. The molecule has 0 bridgehead atoms. The number of halogens is 1. The first-order valence-electron chi connectivity index (χ1n) is 3.67. The molecule has 1 N–H and O–H groups in total. The number of rotatable bonds is 1. The van der Waals surface area contributed by atoms with Crippen molar-refractivity contribution in [3.63, 3.8) is 0 Å². The normalized spacial score (nSPS) is 9.92. The number of hydrogen-bond acceptors (Lipinski definition) is 1. The van der Waals surface area contributed by atoms with Crippen molar-refractivity contribution < 1.29 is 5.11 Å². The summed E-state index contributed by atoms with van der Waals surface area (Å²) in [4.78, 5) is 0. The van der Waals surface area contributed by atoms with E-state index >= 15 is 0 Å². The third-order valence-electron chi connectivity index (χ3n) is 1.79. The predicted molar refractivity (Wildman–Crippen MR) is 55.3 cm³/mol. The highest BCUT2D eigenvalue weighted by atomic mass is 79.9. The summed E-state index contributed by atoms with van der Waals surface area (Å²) >= 11 is 3.38. The first-order valence-corrected chi connectivity index (χ1v) is 4.46. The first-order chi connectivity index (χ1) is 5.52. The fraction of sp³-hybridized carbons (Fsp3) is 0.200. The minimum atomic E-state index is 0.137. The molecule has 0 saturated carbocycles. The molecule has 0 aliphatic carbocycles. The number of aliphatic hydroxyl groups excluding tert-OH is 1. The van der Waals surface area contributed by atoms with Crippen LogP contribution in [0.4, 0.5) is 0 Å². The van der Waals surface area contributed by atoms with Crippen LogP contribution in [0.5, 0.6) is 0 Å². The molecule has 2 heteroatoms. The van der Waals surface area contributed by atoms with Crippen molar-refractivity contribution in [3.8, 4) is 0 Å². The van der Waals surface area contributed by atoms with E-state index in [2.05, 4.69) is 22.5 Å². The van der Waals surface area contributed by atoms with Crippen molar-refractivity contribution >= 4 is 21.7 Å². The van der Waals surface area contributed by atoms with E-state index in [4.69, 9.17) is 0 Å². The van der Waals surface area contributed by atoms with Crippen LogP contribution in [-0.4, -0.2) is 5.11 Å². The van der Waals surface area contributed by atoms with Gasteiger partial charge in [-0.1, -0.05) is 22.5 Å². The Bertz CT molecular complexity index is 306. The lowest BCUT2D eigenvalue weighted by Gasteiger charge is -2.08. The zero-order chi connectivity index (χ0) is 9.30.